The normalized spacial score (nSPS) is 27.2. The van der Waals surface area contributed by atoms with Crippen molar-refractivity contribution >= 4 is 5.91 Å². The molecule has 2 aliphatic rings. The molecule has 3 rings (SSSR count). The van der Waals surface area contributed by atoms with E-state index in [9.17, 15) is 4.79 Å². The fraction of sp³-hybridized carbons (Fsp3) is 0.588. The van der Waals surface area contributed by atoms with Crippen LogP contribution in [0.25, 0.3) is 0 Å². The number of likely N-dealkylation sites (tertiary alicyclic amines) is 1. The molecule has 1 aromatic rings. The number of ether oxygens (including phenoxy) is 1. The number of para-hydroxylation sites is 1. The van der Waals surface area contributed by atoms with Gasteiger partial charge in [-0.1, -0.05) is 18.2 Å². The summed E-state index contributed by atoms with van der Waals surface area (Å²) >= 11 is 0. The maximum Gasteiger partial charge on any atom is 0.224 e. The van der Waals surface area contributed by atoms with E-state index in [1.807, 2.05) is 32.3 Å². The highest BCUT2D eigenvalue weighted by molar-refractivity contribution is 5.80. The molecule has 120 valence electrons. The van der Waals surface area contributed by atoms with Crippen molar-refractivity contribution < 1.29 is 9.53 Å². The van der Waals surface area contributed by atoms with Gasteiger partial charge in [0.25, 0.3) is 0 Å². The number of carbonyl (C=O) groups excluding carboxylic acids is 1. The van der Waals surface area contributed by atoms with Crippen molar-refractivity contribution in [3.63, 3.8) is 0 Å². The summed E-state index contributed by atoms with van der Waals surface area (Å²) in [4.78, 5) is 16.9. The van der Waals surface area contributed by atoms with E-state index in [1.54, 1.807) is 0 Å². The largest absolute Gasteiger partial charge is 0.493 e. The Morgan fingerprint density at radius 3 is 2.95 bits per heavy atom. The first-order chi connectivity index (χ1) is 10.6. The predicted molar refractivity (Wildman–Crippen MR) is 85.9 cm³/mol. The van der Waals surface area contributed by atoms with E-state index in [0.717, 1.165) is 18.8 Å². The standard InChI is InChI=1S/C17H25N3O2/c1-19(2)9-8-18-17(21)13-10-20(3)16-12-6-4-5-7-15(12)22-11-14(13)16/h4-7,13-14,16H,8-11H2,1-3H3,(H,18,21)/t13-,14+,16+/m1/s1. The lowest BCUT2D eigenvalue weighted by Crippen LogP contribution is -2.40. The molecule has 0 bridgehead atoms. The van der Waals surface area contributed by atoms with E-state index in [1.165, 1.54) is 5.56 Å². The molecule has 1 N–H and O–H groups in total. The lowest BCUT2D eigenvalue weighted by Gasteiger charge is -2.32. The molecule has 2 heterocycles. The number of carbonyl (C=O) groups is 1. The number of nitrogens with one attached hydrogen (secondary N) is 1. The molecule has 0 unspecified atom stereocenters. The number of amides is 1. The summed E-state index contributed by atoms with van der Waals surface area (Å²) in [5.74, 6) is 1.36. The smallest absolute Gasteiger partial charge is 0.224 e. The van der Waals surface area contributed by atoms with Gasteiger partial charge >= 0.3 is 0 Å². The Morgan fingerprint density at radius 1 is 1.41 bits per heavy atom. The van der Waals surface area contributed by atoms with Crippen LogP contribution in [0.2, 0.25) is 0 Å². The van der Waals surface area contributed by atoms with E-state index < -0.39 is 0 Å². The Kier molecular flexibility index (Phi) is 4.36. The first kappa shape index (κ1) is 15.3. The van der Waals surface area contributed by atoms with Crippen LogP contribution in [0.15, 0.2) is 24.3 Å². The van der Waals surface area contributed by atoms with Crippen molar-refractivity contribution in [1.82, 2.24) is 15.1 Å². The Hall–Kier alpha value is -1.59. The molecule has 0 radical (unpaired) electrons. The second-order valence-electron chi connectivity index (χ2n) is 6.60. The van der Waals surface area contributed by atoms with Crippen LogP contribution in [0.4, 0.5) is 0 Å². The molecule has 1 saturated heterocycles. The number of hydrogen-bond donors (Lipinski definition) is 1. The van der Waals surface area contributed by atoms with Crippen molar-refractivity contribution in [3.8, 4) is 5.75 Å². The molecule has 1 fully saturated rings. The van der Waals surface area contributed by atoms with Gasteiger partial charge in [0.1, 0.15) is 5.75 Å². The summed E-state index contributed by atoms with van der Waals surface area (Å²) in [7, 11) is 6.13. The third kappa shape index (κ3) is 2.83. The zero-order valence-corrected chi connectivity index (χ0v) is 13.6. The Balaban J connectivity index is 1.71. The fourth-order valence-corrected chi connectivity index (χ4v) is 3.63. The van der Waals surface area contributed by atoms with Gasteiger partial charge in [-0.15, -0.1) is 0 Å². The highest BCUT2D eigenvalue weighted by Gasteiger charge is 2.47. The summed E-state index contributed by atoms with van der Waals surface area (Å²) in [6.45, 7) is 2.97. The zero-order valence-electron chi connectivity index (χ0n) is 13.6. The van der Waals surface area contributed by atoms with Crippen molar-refractivity contribution in [2.45, 2.75) is 6.04 Å². The maximum atomic E-state index is 12.5. The molecule has 5 heteroatoms. The van der Waals surface area contributed by atoms with Crippen molar-refractivity contribution in [2.75, 3.05) is 47.4 Å². The number of hydrogen-bond acceptors (Lipinski definition) is 4. The number of nitrogens with zero attached hydrogens (tertiary/aromatic N) is 2. The lowest BCUT2D eigenvalue weighted by atomic mass is 9.85. The van der Waals surface area contributed by atoms with Crippen LogP contribution in [0, 0.1) is 11.8 Å². The monoisotopic (exact) mass is 303 g/mol. The van der Waals surface area contributed by atoms with E-state index in [-0.39, 0.29) is 23.8 Å². The summed E-state index contributed by atoms with van der Waals surface area (Å²) in [6, 6.07) is 8.47. The lowest BCUT2D eigenvalue weighted by molar-refractivity contribution is -0.126. The molecule has 1 amide bonds. The van der Waals surface area contributed by atoms with Gasteiger partial charge in [0, 0.05) is 37.2 Å². The zero-order chi connectivity index (χ0) is 15.7. The minimum Gasteiger partial charge on any atom is -0.493 e. The second kappa shape index (κ2) is 6.26. The van der Waals surface area contributed by atoms with Crippen LogP contribution in [0.3, 0.4) is 0 Å². The molecule has 0 aromatic heterocycles. The molecule has 0 spiro atoms. The minimum absolute atomic E-state index is 0.00511. The first-order valence-electron chi connectivity index (χ1n) is 7.92. The number of likely N-dealkylation sites (N-methyl/N-ethyl adjacent to an activating group) is 1. The van der Waals surface area contributed by atoms with Crippen LogP contribution in [-0.2, 0) is 4.79 Å². The van der Waals surface area contributed by atoms with Crippen LogP contribution in [-0.4, -0.2) is 63.1 Å². The fourth-order valence-electron chi connectivity index (χ4n) is 3.63. The van der Waals surface area contributed by atoms with Gasteiger partial charge in [0.05, 0.1) is 12.5 Å². The van der Waals surface area contributed by atoms with Gasteiger partial charge in [-0.25, -0.2) is 0 Å². The molecule has 22 heavy (non-hydrogen) atoms. The molecular formula is C17H25N3O2. The van der Waals surface area contributed by atoms with E-state index in [4.69, 9.17) is 4.74 Å². The number of rotatable bonds is 4. The summed E-state index contributed by atoms with van der Waals surface area (Å²) in [6.07, 6.45) is 0. The van der Waals surface area contributed by atoms with Crippen LogP contribution >= 0.6 is 0 Å². The van der Waals surface area contributed by atoms with Gasteiger partial charge in [-0.3, -0.25) is 9.69 Å². The van der Waals surface area contributed by atoms with Gasteiger partial charge in [0.2, 0.25) is 5.91 Å². The molecule has 2 aliphatic heterocycles. The second-order valence-corrected chi connectivity index (χ2v) is 6.60. The quantitative estimate of drug-likeness (QED) is 0.900. The molecular weight excluding hydrogens is 278 g/mol. The van der Waals surface area contributed by atoms with Gasteiger partial charge in [0.15, 0.2) is 0 Å². The van der Waals surface area contributed by atoms with E-state index in [2.05, 4.69) is 28.2 Å². The van der Waals surface area contributed by atoms with E-state index in [0.29, 0.717) is 13.2 Å². The molecule has 0 saturated carbocycles. The van der Waals surface area contributed by atoms with Gasteiger partial charge in [-0.2, -0.15) is 0 Å². The van der Waals surface area contributed by atoms with Crippen molar-refractivity contribution in [3.05, 3.63) is 29.8 Å². The van der Waals surface area contributed by atoms with Crippen molar-refractivity contribution in [2.24, 2.45) is 11.8 Å². The molecule has 0 aliphatic carbocycles. The average Bonchev–Trinajstić information content (AvgIpc) is 2.84. The molecule has 3 atom stereocenters. The summed E-state index contributed by atoms with van der Waals surface area (Å²) in [5.41, 5.74) is 1.21. The summed E-state index contributed by atoms with van der Waals surface area (Å²) < 4.78 is 5.89. The SMILES string of the molecule is CN(C)CCNC(=O)[C@@H]1CN(C)[C@H]2c3ccccc3OC[C@@H]12. The van der Waals surface area contributed by atoms with Crippen LogP contribution in [0.1, 0.15) is 11.6 Å². The van der Waals surface area contributed by atoms with E-state index >= 15 is 0 Å². The third-order valence-corrected chi connectivity index (χ3v) is 4.75. The van der Waals surface area contributed by atoms with Crippen LogP contribution < -0.4 is 10.1 Å². The topological polar surface area (TPSA) is 44.8 Å². The van der Waals surface area contributed by atoms with Gasteiger partial charge in [-0.05, 0) is 27.2 Å². The number of fused-ring (bicyclic) bond motifs is 3. The molecule has 1 aromatic carbocycles. The van der Waals surface area contributed by atoms with Gasteiger partial charge < -0.3 is 15.0 Å². The van der Waals surface area contributed by atoms with Crippen LogP contribution in [0.5, 0.6) is 5.75 Å². The third-order valence-electron chi connectivity index (χ3n) is 4.75. The average molecular weight is 303 g/mol. The highest BCUT2D eigenvalue weighted by Crippen LogP contribution is 2.46. The Bertz CT molecular complexity index is 546. The maximum absolute atomic E-state index is 12.5. The molecule has 5 nitrogen and oxygen atoms in total. The Labute approximate surface area is 132 Å². The number of benzene rings is 1. The predicted octanol–water partition coefficient (Wildman–Crippen LogP) is 0.976. The summed E-state index contributed by atoms with van der Waals surface area (Å²) in [5, 5.41) is 3.07. The highest BCUT2D eigenvalue weighted by atomic mass is 16.5. The Morgan fingerprint density at radius 2 is 2.18 bits per heavy atom. The van der Waals surface area contributed by atoms with Crippen molar-refractivity contribution in [1.29, 1.82) is 0 Å². The minimum atomic E-state index is 0.00511. The first-order valence-corrected chi connectivity index (χ1v) is 7.92.